The Morgan fingerprint density at radius 2 is 2.28 bits per heavy atom. The van der Waals surface area contributed by atoms with Crippen molar-refractivity contribution in [2.24, 2.45) is 0 Å². The first kappa shape index (κ1) is 13.0. The number of hydrogen-bond donors (Lipinski definition) is 2. The van der Waals surface area contributed by atoms with Gasteiger partial charge in [0, 0.05) is 17.6 Å². The summed E-state index contributed by atoms with van der Waals surface area (Å²) in [7, 11) is 0. The van der Waals surface area contributed by atoms with E-state index in [1.165, 1.54) is 11.3 Å². The molecule has 1 amide bonds. The van der Waals surface area contributed by atoms with Crippen LogP contribution in [0.5, 0.6) is 0 Å². The van der Waals surface area contributed by atoms with Crippen molar-refractivity contribution < 1.29 is 9.90 Å². The number of carbonyl (C=O) groups excluding carboxylic acids is 1. The molecule has 0 aliphatic rings. The van der Waals surface area contributed by atoms with E-state index in [4.69, 9.17) is 11.6 Å². The maximum Gasteiger partial charge on any atom is 0.269 e. The van der Waals surface area contributed by atoms with Crippen molar-refractivity contribution in [3.63, 3.8) is 0 Å². The molecule has 0 aliphatic heterocycles. The molecule has 2 N–H and O–H groups in total. The molecular formula is C12H11ClN2O2S. The summed E-state index contributed by atoms with van der Waals surface area (Å²) in [5.74, 6) is -0.308. The minimum atomic E-state index is -0.754. The van der Waals surface area contributed by atoms with Gasteiger partial charge in [0.15, 0.2) is 0 Å². The molecule has 0 fully saturated rings. The Bertz CT molecular complexity index is 530. The monoisotopic (exact) mass is 282 g/mol. The van der Waals surface area contributed by atoms with Crippen molar-refractivity contribution in [3.05, 3.63) is 51.4 Å². The van der Waals surface area contributed by atoms with Crippen LogP contribution in [0.2, 0.25) is 4.34 Å². The van der Waals surface area contributed by atoms with Gasteiger partial charge in [-0.3, -0.25) is 9.78 Å². The third-order valence-corrected chi connectivity index (χ3v) is 3.61. The average molecular weight is 283 g/mol. The van der Waals surface area contributed by atoms with Gasteiger partial charge in [0.1, 0.15) is 11.8 Å². The fourth-order valence-electron chi connectivity index (χ4n) is 1.38. The first-order valence-electron chi connectivity index (χ1n) is 5.29. The van der Waals surface area contributed by atoms with Gasteiger partial charge in [-0.1, -0.05) is 17.7 Å². The van der Waals surface area contributed by atoms with E-state index < -0.39 is 6.10 Å². The average Bonchev–Trinajstić information content (AvgIpc) is 2.83. The summed E-state index contributed by atoms with van der Waals surface area (Å²) in [6, 6.07) is 8.54. The minimum Gasteiger partial charge on any atom is -0.386 e. The lowest BCUT2D eigenvalue weighted by molar-refractivity contribution is 0.0913. The number of pyridine rings is 1. The van der Waals surface area contributed by atoms with E-state index in [0.29, 0.717) is 10.0 Å². The molecule has 0 spiro atoms. The fraction of sp³-hybridized carbons (Fsp3) is 0.167. The second-order valence-electron chi connectivity index (χ2n) is 3.58. The van der Waals surface area contributed by atoms with Gasteiger partial charge in [-0.2, -0.15) is 0 Å². The summed E-state index contributed by atoms with van der Waals surface area (Å²) in [4.78, 5) is 16.3. The summed E-state index contributed by atoms with van der Waals surface area (Å²) in [5.41, 5.74) is 0.328. The molecule has 0 radical (unpaired) electrons. The predicted octanol–water partition coefficient (Wildman–Crippen LogP) is 2.26. The van der Waals surface area contributed by atoms with Gasteiger partial charge in [-0.05, 0) is 24.3 Å². The Morgan fingerprint density at radius 1 is 1.44 bits per heavy atom. The van der Waals surface area contributed by atoms with Crippen molar-refractivity contribution in [3.8, 4) is 0 Å². The number of halogens is 1. The van der Waals surface area contributed by atoms with Gasteiger partial charge in [-0.25, -0.2) is 0 Å². The molecule has 0 unspecified atom stereocenters. The summed E-state index contributed by atoms with van der Waals surface area (Å²) in [6.07, 6.45) is 0.792. The van der Waals surface area contributed by atoms with E-state index in [1.807, 2.05) is 0 Å². The highest BCUT2D eigenvalue weighted by atomic mass is 35.5. The standard InChI is InChI=1S/C12H11ClN2O2S/c13-11-5-4-10(18-11)9(16)7-15-12(17)8-3-1-2-6-14-8/h1-6,9,16H,7H2,(H,15,17)/t9-/m1/s1. The molecule has 0 aliphatic carbocycles. The minimum absolute atomic E-state index is 0.131. The smallest absolute Gasteiger partial charge is 0.269 e. The zero-order valence-electron chi connectivity index (χ0n) is 9.34. The second kappa shape index (κ2) is 5.95. The molecule has 1 atom stereocenters. The molecule has 2 rings (SSSR count). The van der Waals surface area contributed by atoms with E-state index in [9.17, 15) is 9.90 Å². The normalized spacial score (nSPS) is 12.1. The van der Waals surface area contributed by atoms with Crippen molar-refractivity contribution in [2.45, 2.75) is 6.10 Å². The number of aromatic nitrogens is 1. The maximum atomic E-state index is 11.7. The van der Waals surface area contributed by atoms with Gasteiger partial charge >= 0.3 is 0 Å². The number of amides is 1. The number of thiophene rings is 1. The number of nitrogens with zero attached hydrogens (tertiary/aromatic N) is 1. The van der Waals surface area contributed by atoms with E-state index in [-0.39, 0.29) is 12.5 Å². The van der Waals surface area contributed by atoms with Crippen LogP contribution < -0.4 is 5.32 Å². The Labute approximate surface area is 113 Å². The molecule has 2 heterocycles. The van der Waals surface area contributed by atoms with Gasteiger partial charge in [-0.15, -0.1) is 11.3 Å². The number of nitrogens with one attached hydrogen (secondary N) is 1. The van der Waals surface area contributed by atoms with Crippen LogP contribution in [0.4, 0.5) is 0 Å². The lowest BCUT2D eigenvalue weighted by Gasteiger charge is -2.09. The van der Waals surface area contributed by atoms with Crippen LogP contribution in [-0.2, 0) is 0 Å². The third-order valence-electron chi connectivity index (χ3n) is 2.28. The highest BCUT2D eigenvalue weighted by Crippen LogP contribution is 2.26. The molecule has 94 valence electrons. The summed E-state index contributed by atoms with van der Waals surface area (Å²) in [6.45, 7) is 0.131. The maximum absolute atomic E-state index is 11.7. The highest BCUT2D eigenvalue weighted by molar-refractivity contribution is 7.16. The number of rotatable bonds is 4. The van der Waals surface area contributed by atoms with Crippen LogP contribution in [0.15, 0.2) is 36.5 Å². The Morgan fingerprint density at radius 3 is 2.89 bits per heavy atom. The van der Waals surface area contributed by atoms with Crippen molar-refractivity contribution in [1.29, 1.82) is 0 Å². The van der Waals surface area contributed by atoms with Crippen LogP contribution in [0.3, 0.4) is 0 Å². The summed E-state index contributed by atoms with van der Waals surface area (Å²) < 4.78 is 0.611. The number of carbonyl (C=O) groups is 1. The van der Waals surface area contributed by atoms with Crippen LogP contribution >= 0.6 is 22.9 Å². The summed E-state index contributed by atoms with van der Waals surface area (Å²) >= 11 is 7.06. The van der Waals surface area contributed by atoms with Crippen LogP contribution in [0.1, 0.15) is 21.5 Å². The van der Waals surface area contributed by atoms with Gasteiger partial charge in [0.05, 0.1) is 4.34 Å². The quantitative estimate of drug-likeness (QED) is 0.904. The first-order chi connectivity index (χ1) is 8.66. The van der Waals surface area contributed by atoms with Crippen molar-refractivity contribution in [1.82, 2.24) is 10.3 Å². The highest BCUT2D eigenvalue weighted by Gasteiger charge is 2.13. The second-order valence-corrected chi connectivity index (χ2v) is 5.33. The van der Waals surface area contributed by atoms with Crippen LogP contribution in [-0.4, -0.2) is 22.5 Å². The molecule has 0 bridgehead atoms. The van der Waals surface area contributed by atoms with Crippen molar-refractivity contribution >= 4 is 28.8 Å². The molecular weight excluding hydrogens is 272 g/mol. The zero-order valence-corrected chi connectivity index (χ0v) is 10.9. The lowest BCUT2D eigenvalue weighted by atomic mass is 10.3. The van der Waals surface area contributed by atoms with E-state index in [1.54, 1.807) is 36.5 Å². The molecule has 0 saturated heterocycles. The molecule has 2 aromatic heterocycles. The molecule has 0 aromatic carbocycles. The number of aliphatic hydroxyl groups excluding tert-OH is 1. The van der Waals surface area contributed by atoms with Crippen LogP contribution in [0, 0.1) is 0 Å². The van der Waals surface area contributed by atoms with E-state index in [2.05, 4.69) is 10.3 Å². The van der Waals surface area contributed by atoms with Crippen molar-refractivity contribution in [2.75, 3.05) is 6.54 Å². The molecule has 18 heavy (non-hydrogen) atoms. The molecule has 0 saturated carbocycles. The predicted molar refractivity (Wildman–Crippen MR) is 70.9 cm³/mol. The Balaban J connectivity index is 1.90. The first-order valence-corrected chi connectivity index (χ1v) is 6.49. The summed E-state index contributed by atoms with van der Waals surface area (Å²) in [5, 5.41) is 12.5. The molecule has 2 aromatic rings. The van der Waals surface area contributed by atoms with E-state index in [0.717, 1.165) is 4.88 Å². The zero-order chi connectivity index (χ0) is 13.0. The Hall–Kier alpha value is -1.43. The topological polar surface area (TPSA) is 62.2 Å². The lowest BCUT2D eigenvalue weighted by Crippen LogP contribution is -2.28. The van der Waals surface area contributed by atoms with Gasteiger partial charge in [0.2, 0.25) is 0 Å². The van der Waals surface area contributed by atoms with Crippen LogP contribution in [0.25, 0.3) is 0 Å². The SMILES string of the molecule is O=C(NC[C@@H](O)c1ccc(Cl)s1)c1ccccn1. The Kier molecular flexibility index (Phi) is 4.30. The molecule has 4 nitrogen and oxygen atoms in total. The third kappa shape index (κ3) is 3.29. The fourth-order valence-corrected chi connectivity index (χ4v) is 2.43. The van der Waals surface area contributed by atoms with E-state index >= 15 is 0 Å². The number of hydrogen-bond acceptors (Lipinski definition) is 4. The molecule has 6 heteroatoms. The van der Waals surface area contributed by atoms with Gasteiger partial charge < -0.3 is 10.4 Å². The van der Waals surface area contributed by atoms with Gasteiger partial charge in [0.25, 0.3) is 5.91 Å². The largest absolute Gasteiger partial charge is 0.386 e. The number of aliphatic hydroxyl groups is 1.